The third kappa shape index (κ3) is 2.02. The van der Waals surface area contributed by atoms with Crippen LogP contribution >= 0.6 is 23.2 Å². The normalized spacial score (nSPS) is 9.77. The lowest BCUT2D eigenvalue weighted by Crippen LogP contribution is -2.08. The molecule has 0 unspecified atom stereocenters. The van der Waals surface area contributed by atoms with Crippen molar-refractivity contribution in [2.24, 2.45) is 0 Å². The standard InChI is InChI=1S/C7H6Cl2N2O2/c1-13-7(12)5-4(10)2-3(8)6(9)11-5/h2H,10H2,1H3. The van der Waals surface area contributed by atoms with E-state index in [1.165, 1.54) is 13.2 Å². The van der Waals surface area contributed by atoms with Crippen molar-refractivity contribution in [3.05, 3.63) is 21.9 Å². The minimum atomic E-state index is -0.643. The number of nitrogens with two attached hydrogens (primary N) is 1. The first kappa shape index (κ1) is 10.1. The first-order valence-electron chi connectivity index (χ1n) is 3.26. The van der Waals surface area contributed by atoms with Crippen LogP contribution in [0.15, 0.2) is 6.07 Å². The van der Waals surface area contributed by atoms with Gasteiger partial charge in [-0.2, -0.15) is 0 Å². The zero-order valence-corrected chi connectivity index (χ0v) is 8.19. The van der Waals surface area contributed by atoms with Crippen LogP contribution in [0.1, 0.15) is 10.5 Å². The van der Waals surface area contributed by atoms with Gasteiger partial charge in [0.2, 0.25) is 0 Å². The van der Waals surface area contributed by atoms with Gasteiger partial charge < -0.3 is 10.5 Å². The minimum absolute atomic E-state index is 0.0243. The van der Waals surface area contributed by atoms with E-state index in [2.05, 4.69) is 9.72 Å². The van der Waals surface area contributed by atoms with Gasteiger partial charge in [0.25, 0.3) is 0 Å². The summed E-state index contributed by atoms with van der Waals surface area (Å²) in [4.78, 5) is 14.7. The highest BCUT2D eigenvalue weighted by molar-refractivity contribution is 6.41. The summed E-state index contributed by atoms with van der Waals surface area (Å²) in [5.41, 5.74) is 5.57. The number of hydrogen-bond donors (Lipinski definition) is 1. The Morgan fingerprint density at radius 2 is 2.23 bits per heavy atom. The second-order valence-electron chi connectivity index (χ2n) is 2.19. The van der Waals surface area contributed by atoms with E-state index >= 15 is 0 Å². The third-order valence-corrected chi connectivity index (χ3v) is 2.01. The van der Waals surface area contributed by atoms with Gasteiger partial charge >= 0.3 is 5.97 Å². The van der Waals surface area contributed by atoms with Crippen molar-refractivity contribution < 1.29 is 9.53 Å². The fraction of sp³-hybridized carbons (Fsp3) is 0.143. The zero-order valence-electron chi connectivity index (χ0n) is 6.67. The Labute approximate surface area is 84.6 Å². The van der Waals surface area contributed by atoms with Gasteiger partial charge in [0, 0.05) is 0 Å². The highest BCUT2D eigenvalue weighted by Gasteiger charge is 2.14. The summed E-state index contributed by atoms with van der Waals surface area (Å²) in [5, 5.41) is 0.225. The molecule has 6 heteroatoms. The maximum absolute atomic E-state index is 11.0. The largest absolute Gasteiger partial charge is 0.464 e. The molecule has 0 aliphatic carbocycles. The highest BCUT2D eigenvalue weighted by atomic mass is 35.5. The minimum Gasteiger partial charge on any atom is -0.464 e. The van der Waals surface area contributed by atoms with Gasteiger partial charge in [0.05, 0.1) is 17.8 Å². The van der Waals surface area contributed by atoms with E-state index in [1.54, 1.807) is 0 Å². The Balaban J connectivity index is 3.23. The summed E-state index contributed by atoms with van der Waals surface area (Å²) in [6.07, 6.45) is 0. The molecular formula is C7H6Cl2N2O2. The number of esters is 1. The van der Waals surface area contributed by atoms with Crippen LogP contribution in [0.2, 0.25) is 10.2 Å². The number of hydrogen-bond acceptors (Lipinski definition) is 4. The van der Waals surface area contributed by atoms with Crippen LogP contribution in [0.25, 0.3) is 0 Å². The number of carbonyl (C=O) groups is 1. The molecule has 0 aliphatic heterocycles. The van der Waals surface area contributed by atoms with E-state index in [1.807, 2.05) is 0 Å². The number of ether oxygens (including phenoxy) is 1. The quantitative estimate of drug-likeness (QED) is 0.579. The van der Waals surface area contributed by atoms with Gasteiger partial charge in [-0.3, -0.25) is 0 Å². The Kier molecular flexibility index (Phi) is 2.95. The van der Waals surface area contributed by atoms with Crippen molar-refractivity contribution in [2.75, 3.05) is 12.8 Å². The van der Waals surface area contributed by atoms with E-state index in [0.717, 1.165) is 0 Å². The van der Waals surface area contributed by atoms with Crippen molar-refractivity contribution in [2.45, 2.75) is 0 Å². The maximum atomic E-state index is 11.0. The summed E-state index contributed by atoms with van der Waals surface area (Å²) in [5.74, 6) is -0.643. The number of carbonyl (C=O) groups excluding carboxylic acids is 1. The predicted octanol–water partition coefficient (Wildman–Crippen LogP) is 1.76. The lowest BCUT2D eigenvalue weighted by atomic mass is 10.3. The van der Waals surface area contributed by atoms with Gasteiger partial charge in [-0.1, -0.05) is 23.2 Å². The number of anilines is 1. The second kappa shape index (κ2) is 3.81. The average molecular weight is 221 g/mol. The zero-order chi connectivity index (χ0) is 10.0. The molecule has 0 aliphatic rings. The lowest BCUT2D eigenvalue weighted by Gasteiger charge is -2.03. The summed E-state index contributed by atoms with van der Waals surface area (Å²) >= 11 is 11.2. The number of nitrogens with zero attached hydrogens (tertiary/aromatic N) is 1. The van der Waals surface area contributed by atoms with Gasteiger partial charge in [-0.05, 0) is 6.07 Å². The van der Waals surface area contributed by atoms with Gasteiger partial charge in [-0.15, -0.1) is 0 Å². The molecule has 0 fully saturated rings. The summed E-state index contributed by atoms with van der Waals surface area (Å²) < 4.78 is 4.43. The summed E-state index contributed by atoms with van der Waals surface area (Å²) in [7, 11) is 1.23. The van der Waals surface area contributed by atoms with E-state index in [-0.39, 0.29) is 21.6 Å². The fourth-order valence-corrected chi connectivity index (χ4v) is 1.04. The molecule has 0 radical (unpaired) electrons. The van der Waals surface area contributed by atoms with Crippen LogP contribution in [0.5, 0.6) is 0 Å². The first-order valence-corrected chi connectivity index (χ1v) is 4.01. The molecule has 2 N–H and O–H groups in total. The Morgan fingerprint density at radius 3 is 2.77 bits per heavy atom. The van der Waals surface area contributed by atoms with Crippen LogP contribution in [-0.4, -0.2) is 18.1 Å². The molecule has 1 rings (SSSR count). The Morgan fingerprint density at radius 1 is 1.62 bits per heavy atom. The number of nitrogen functional groups attached to an aromatic ring is 1. The number of rotatable bonds is 1. The number of halogens is 2. The smallest absolute Gasteiger partial charge is 0.358 e. The van der Waals surface area contributed by atoms with Crippen LogP contribution in [0.4, 0.5) is 5.69 Å². The maximum Gasteiger partial charge on any atom is 0.358 e. The fourth-order valence-electron chi connectivity index (χ4n) is 0.741. The molecule has 0 saturated carbocycles. The predicted molar refractivity (Wildman–Crippen MR) is 50.0 cm³/mol. The Bertz CT molecular complexity index is 355. The van der Waals surface area contributed by atoms with E-state index in [9.17, 15) is 4.79 Å². The molecule has 0 spiro atoms. The molecule has 1 heterocycles. The van der Waals surface area contributed by atoms with Crippen molar-refractivity contribution in [3.63, 3.8) is 0 Å². The van der Waals surface area contributed by atoms with E-state index in [0.29, 0.717) is 0 Å². The van der Waals surface area contributed by atoms with Crippen molar-refractivity contribution in [1.82, 2.24) is 4.98 Å². The molecule has 0 bridgehead atoms. The molecule has 0 aromatic carbocycles. The molecule has 70 valence electrons. The number of methoxy groups -OCH3 is 1. The van der Waals surface area contributed by atoms with Gasteiger partial charge in [0.15, 0.2) is 5.69 Å². The topological polar surface area (TPSA) is 65.2 Å². The first-order chi connectivity index (χ1) is 6.06. The van der Waals surface area contributed by atoms with Crippen molar-refractivity contribution in [1.29, 1.82) is 0 Å². The molecule has 0 atom stereocenters. The van der Waals surface area contributed by atoms with Crippen LogP contribution in [-0.2, 0) is 4.74 Å². The molecule has 13 heavy (non-hydrogen) atoms. The second-order valence-corrected chi connectivity index (χ2v) is 2.96. The Hall–Kier alpha value is -1.00. The van der Waals surface area contributed by atoms with E-state index in [4.69, 9.17) is 28.9 Å². The van der Waals surface area contributed by atoms with Crippen molar-refractivity contribution >= 4 is 34.9 Å². The molecule has 0 saturated heterocycles. The SMILES string of the molecule is COC(=O)c1nc(Cl)c(Cl)cc1N. The molecule has 0 amide bonds. The molecule has 1 aromatic rings. The van der Waals surface area contributed by atoms with Gasteiger partial charge in [0.1, 0.15) is 5.15 Å². The number of aromatic nitrogens is 1. The van der Waals surface area contributed by atoms with Crippen LogP contribution in [0.3, 0.4) is 0 Å². The summed E-state index contributed by atoms with van der Waals surface area (Å²) in [6, 6.07) is 1.35. The molecule has 1 aromatic heterocycles. The summed E-state index contributed by atoms with van der Waals surface area (Å²) in [6.45, 7) is 0. The third-order valence-electron chi connectivity index (χ3n) is 1.34. The average Bonchev–Trinajstić information content (AvgIpc) is 2.10. The lowest BCUT2D eigenvalue weighted by molar-refractivity contribution is 0.0595. The number of pyridine rings is 1. The van der Waals surface area contributed by atoms with Crippen LogP contribution < -0.4 is 5.73 Å². The van der Waals surface area contributed by atoms with Gasteiger partial charge in [-0.25, -0.2) is 9.78 Å². The monoisotopic (exact) mass is 220 g/mol. The highest BCUT2D eigenvalue weighted by Crippen LogP contribution is 2.24. The van der Waals surface area contributed by atoms with Crippen LogP contribution in [0, 0.1) is 0 Å². The van der Waals surface area contributed by atoms with Crippen molar-refractivity contribution in [3.8, 4) is 0 Å². The molecule has 4 nitrogen and oxygen atoms in total. The molecular weight excluding hydrogens is 215 g/mol. The van der Waals surface area contributed by atoms with E-state index < -0.39 is 5.97 Å².